The van der Waals surface area contributed by atoms with E-state index in [1.54, 1.807) is 0 Å². The van der Waals surface area contributed by atoms with Crippen LogP contribution in [0.15, 0.2) is 18.2 Å². The van der Waals surface area contributed by atoms with Crippen LogP contribution in [-0.4, -0.2) is 31.1 Å². The highest BCUT2D eigenvalue weighted by Crippen LogP contribution is 2.42. The van der Waals surface area contributed by atoms with Crippen LogP contribution in [0.4, 0.5) is 0 Å². The smallest absolute Gasteiger partial charge is 0.0408 e. The molecule has 1 aromatic carbocycles. The summed E-state index contributed by atoms with van der Waals surface area (Å²) >= 11 is 6.17. The van der Waals surface area contributed by atoms with E-state index in [-0.39, 0.29) is 0 Å². The van der Waals surface area contributed by atoms with E-state index in [1.165, 1.54) is 49.8 Å². The van der Waals surface area contributed by atoms with Crippen molar-refractivity contribution in [3.63, 3.8) is 0 Å². The van der Waals surface area contributed by atoms with Gasteiger partial charge in [0.05, 0.1) is 0 Å². The van der Waals surface area contributed by atoms with Gasteiger partial charge in [-0.05, 0) is 81.9 Å². The summed E-state index contributed by atoms with van der Waals surface area (Å²) in [6.45, 7) is 4.58. The van der Waals surface area contributed by atoms with Crippen LogP contribution in [0.5, 0.6) is 0 Å². The lowest BCUT2D eigenvalue weighted by atomic mass is 9.87. The lowest BCUT2D eigenvalue weighted by Gasteiger charge is -2.36. The van der Waals surface area contributed by atoms with E-state index >= 15 is 0 Å². The third kappa shape index (κ3) is 3.44. The van der Waals surface area contributed by atoms with Gasteiger partial charge in [-0.1, -0.05) is 24.1 Å². The highest BCUT2D eigenvalue weighted by atomic mass is 35.5. The van der Waals surface area contributed by atoms with Crippen LogP contribution >= 0.6 is 11.6 Å². The fraction of sp³-hybridized carbons (Fsp3) is 0.667. The van der Waals surface area contributed by atoms with Crippen molar-refractivity contribution < 1.29 is 0 Å². The van der Waals surface area contributed by atoms with Crippen LogP contribution in [0.2, 0.25) is 5.02 Å². The number of halogens is 1. The summed E-state index contributed by atoms with van der Waals surface area (Å²) in [5.41, 5.74) is 2.84. The van der Waals surface area contributed by atoms with Gasteiger partial charge in [-0.15, -0.1) is 0 Å². The Hall–Kier alpha value is -0.570. The normalized spacial score (nSPS) is 27.6. The summed E-state index contributed by atoms with van der Waals surface area (Å²) in [6.07, 6.45) is 6.81. The van der Waals surface area contributed by atoms with Gasteiger partial charge >= 0.3 is 0 Å². The minimum absolute atomic E-state index is 0.560. The fourth-order valence-corrected chi connectivity index (χ4v) is 4.19. The maximum Gasteiger partial charge on any atom is 0.0408 e. The summed E-state index contributed by atoms with van der Waals surface area (Å²) in [5, 5.41) is 4.28. The Labute approximate surface area is 133 Å². The second-order valence-electron chi connectivity index (χ2n) is 6.73. The molecule has 2 nitrogen and oxygen atoms in total. The molecule has 1 heterocycles. The second-order valence-corrected chi connectivity index (χ2v) is 7.16. The van der Waals surface area contributed by atoms with E-state index in [0.717, 1.165) is 17.6 Å². The molecule has 2 fully saturated rings. The fourth-order valence-electron chi connectivity index (χ4n) is 3.96. The van der Waals surface area contributed by atoms with E-state index in [1.807, 2.05) is 0 Å². The maximum atomic E-state index is 6.17. The molecule has 2 atom stereocenters. The van der Waals surface area contributed by atoms with Gasteiger partial charge in [-0.25, -0.2) is 0 Å². The SMILES string of the molecule is CNCC1CCCCN(C2CC2)C1c1ccc(Cl)cc1C. The number of nitrogens with one attached hydrogen (secondary N) is 1. The van der Waals surface area contributed by atoms with Gasteiger partial charge in [0, 0.05) is 17.1 Å². The molecule has 2 unspecified atom stereocenters. The van der Waals surface area contributed by atoms with Crippen molar-refractivity contribution in [1.29, 1.82) is 0 Å². The number of hydrogen-bond acceptors (Lipinski definition) is 2. The first-order chi connectivity index (χ1) is 10.2. The van der Waals surface area contributed by atoms with E-state index in [9.17, 15) is 0 Å². The third-order valence-corrected chi connectivity index (χ3v) is 5.31. The molecule has 1 aromatic rings. The Kier molecular flexibility index (Phi) is 4.88. The van der Waals surface area contributed by atoms with Gasteiger partial charge in [0.2, 0.25) is 0 Å². The quantitative estimate of drug-likeness (QED) is 0.898. The van der Waals surface area contributed by atoms with E-state index in [2.05, 4.69) is 42.4 Å². The number of aryl methyl sites for hydroxylation is 1. The Morgan fingerprint density at radius 1 is 1.24 bits per heavy atom. The zero-order valence-electron chi connectivity index (χ0n) is 13.2. The predicted octanol–water partition coefficient (Wildman–Crippen LogP) is 4.17. The lowest BCUT2D eigenvalue weighted by Crippen LogP contribution is -2.38. The standard InChI is InChI=1S/C18H27ClN2/c1-13-11-15(19)6-9-17(13)18-14(12-20-2)5-3-4-10-21(18)16-7-8-16/h6,9,11,14,16,18,20H,3-5,7-8,10,12H2,1-2H3. The first-order valence-corrected chi connectivity index (χ1v) is 8.75. The molecular weight excluding hydrogens is 280 g/mol. The Morgan fingerprint density at radius 3 is 2.71 bits per heavy atom. The van der Waals surface area contributed by atoms with Gasteiger partial charge < -0.3 is 5.32 Å². The predicted molar refractivity (Wildman–Crippen MR) is 89.9 cm³/mol. The molecule has 3 rings (SSSR count). The van der Waals surface area contributed by atoms with Crippen LogP contribution in [-0.2, 0) is 0 Å². The highest BCUT2D eigenvalue weighted by molar-refractivity contribution is 6.30. The van der Waals surface area contributed by atoms with E-state index < -0.39 is 0 Å². The molecule has 1 aliphatic heterocycles. The average Bonchev–Trinajstić information content (AvgIpc) is 3.26. The molecule has 1 N–H and O–H groups in total. The largest absolute Gasteiger partial charge is 0.319 e. The molecule has 0 bridgehead atoms. The number of hydrogen-bond donors (Lipinski definition) is 1. The summed E-state index contributed by atoms with van der Waals surface area (Å²) in [5.74, 6) is 0.706. The van der Waals surface area contributed by atoms with Gasteiger partial charge in [-0.3, -0.25) is 4.90 Å². The second kappa shape index (κ2) is 6.68. The van der Waals surface area contributed by atoms with Gasteiger partial charge in [0.15, 0.2) is 0 Å². The zero-order chi connectivity index (χ0) is 14.8. The molecule has 3 heteroatoms. The molecule has 0 radical (unpaired) electrons. The molecule has 0 aromatic heterocycles. The van der Waals surface area contributed by atoms with Crippen LogP contribution < -0.4 is 5.32 Å². The number of likely N-dealkylation sites (tertiary alicyclic amines) is 1. The molecular formula is C18H27ClN2. The van der Waals surface area contributed by atoms with Crippen LogP contribution in [0, 0.1) is 12.8 Å². The van der Waals surface area contributed by atoms with Gasteiger partial charge in [0.1, 0.15) is 0 Å². The number of benzene rings is 1. The van der Waals surface area contributed by atoms with Crippen molar-refractivity contribution >= 4 is 11.6 Å². The van der Waals surface area contributed by atoms with Crippen molar-refractivity contribution in [3.8, 4) is 0 Å². The summed E-state index contributed by atoms with van der Waals surface area (Å²) < 4.78 is 0. The van der Waals surface area contributed by atoms with E-state index in [0.29, 0.717) is 12.0 Å². The average molecular weight is 307 g/mol. The molecule has 0 spiro atoms. The van der Waals surface area contributed by atoms with Crippen LogP contribution in [0.1, 0.15) is 49.3 Å². The van der Waals surface area contributed by atoms with Crippen LogP contribution in [0.25, 0.3) is 0 Å². The van der Waals surface area contributed by atoms with Crippen molar-refractivity contribution in [3.05, 3.63) is 34.3 Å². The molecule has 2 aliphatic rings. The monoisotopic (exact) mass is 306 g/mol. The minimum Gasteiger partial charge on any atom is -0.319 e. The van der Waals surface area contributed by atoms with Crippen molar-refractivity contribution in [2.75, 3.05) is 20.1 Å². The highest BCUT2D eigenvalue weighted by Gasteiger charge is 2.39. The molecule has 0 amide bonds. The summed E-state index contributed by atoms with van der Waals surface area (Å²) in [4.78, 5) is 2.80. The summed E-state index contributed by atoms with van der Waals surface area (Å²) in [7, 11) is 2.08. The van der Waals surface area contributed by atoms with Gasteiger partial charge in [-0.2, -0.15) is 0 Å². The Balaban J connectivity index is 1.96. The first kappa shape index (κ1) is 15.3. The Morgan fingerprint density at radius 2 is 2.05 bits per heavy atom. The van der Waals surface area contributed by atoms with E-state index in [4.69, 9.17) is 11.6 Å². The molecule has 1 saturated heterocycles. The number of rotatable bonds is 4. The minimum atomic E-state index is 0.560. The zero-order valence-corrected chi connectivity index (χ0v) is 14.0. The molecule has 1 saturated carbocycles. The molecule has 21 heavy (non-hydrogen) atoms. The molecule has 1 aliphatic carbocycles. The van der Waals surface area contributed by atoms with Gasteiger partial charge in [0.25, 0.3) is 0 Å². The Bertz CT molecular complexity index is 484. The lowest BCUT2D eigenvalue weighted by molar-refractivity contribution is 0.145. The topological polar surface area (TPSA) is 15.3 Å². The number of nitrogens with zero attached hydrogens (tertiary/aromatic N) is 1. The first-order valence-electron chi connectivity index (χ1n) is 8.37. The third-order valence-electron chi connectivity index (χ3n) is 5.08. The van der Waals surface area contributed by atoms with Crippen molar-refractivity contribution in [2.24, 2.45) is 5.92 Å². The molecule has 116 valence electrons. The summed E-state index contributed by atoms with van der Waals surface area (Å²) in [6, 6.07) is 7.85. The van der Waals surface area contributed by atoms with Crippen molar-refractivity contribution in [1.82, 2.24) is 10.2 Å². The van der Waals surface area contributed by atoms with Crippen LogP contribution in [0.3, 0.4) is 0 Å². The maximum absolute atomic E-state index is 6.17. The van der Waals surface area contributed by atoms with Crippen molar-refractivity contribution in [2.45, 2.75) is 51.1 Å².